The Labute approximate surface area is 163 Å². The second-order valence-corrected chi connectivity index (χ2v) is 9.72. The van der Waals surface area contributed by atoms with E-state index in [4.69, 9.17) is 4.74 Å². The molecule has 0 spiro atoms. The van der Waals surface area contributed by atoms with E-state index in [0.717, 1.165) is 21.6 Å². The zero-order valence-electron chi connectivity index (χ0n) is 14.7. The van der Waals surface area contributed by atoms with E-state index >= 15 is 0 Å². The van der Waals surface area contributed by atoms with E-state index in [2.05, 4.69) is 21.1 Å². The van der Waals surface area contributed by atoms with Crippen LogP contribution in [0.2, 0.25) is 0 Å². The topological polar surface area (TPSA) is 26.3 Å². The minimum absolute atomic E-state index is 0. The predicted molar refractivity (Wildman–Crippen MR) is 98.3 cm³/mol. The molecule has 0 fully saturated rings. The Balaban J connectivity index is 0.00000288. The molecule has 0 aliphatic carbocycles. The fourth-order valence-corrected chi connectivity index (χ4v) is 4.89. The van der Waals surface area contributed by atoms with Crippen molar-refractivity contribution in [2.45, 2.75) is 0 Å². The number of hydrogen-bond acceptors (Lipinski definition) is 2. The van der Waals surface area contributed by atoms with Crippen LogP contribution < -0.4 is 34.6 Å². The third kappa shape index (κ3) is 6.32. The normalized spacial score (nSPS) is 11.8. The van der Waals surface area contributed by atoms with E-state index < -0.39 is 7.14 Å². The van der Waals surface area contributed by atoms with Crippen molar-refractivity contribution in [1.82, 2.24) is 0 Å². The molecule has 24 heavy (non-hydrogen) atoms. The first-order valence-electron chi connectivity index (χ1n) is 8.00. The number of halogens is 1. The first-order chi connectivity index (χ1) is 10.9. The Bertz CT molecular complexity index is 598. The third-order valence-corrected chi connectivity index (χ3v) is 6.88. The van der Waals surface area contributed by atoms with Crippen LogP contribution in [-0.4, -0.2) is 51.5 Å². The predicted octanol–water partition coefficient (Wildman–Crippen LogP) is -0.273. The molecule has 2 aromatic rings. The largest absolute Gasteiger partial charge is 1.00 e. The van der Waals surface area contributed by atoms with Crippen molar-refractivity contribution in [1.29, 1.82) is 0 Å². The van der Waals surface area contributed by atoms with Gasteiger partial charge in [0.2, 0.25) is 0 Å². The highest BCUT2D eigenvalue weighted by Crippen LogP contribution is 2.42. The summed E-state index contributed by atoms with van der Waals surface area (Å²) in [5.74, 6) is 0. The first kappa shape index (κ1) is 21.4. The fourth-order valence-electron chi connectivity index (χ4n) is 2.38. The molecule has 0 amide bonds. The van der Waals surface area contributed by atoms with E-state index in [0.29, 0.717) is 19.4 Å². The maximum absolute atomic E-state index is 13.7. The molecule has 0 bridgehead atoms. The smallest absolute Gasteiger partial charge is 0.145 e. The molecule has 132 valence electrons. The van der Waals surface area contributed by atoms with Crippen molar-refractivity contribution in [2.75, 3.05) is 47.1 Å². The van der Waals surface area contributed by atoms with E-state index in [1.54, 1.807) is 0 Å². The summed E-state index contributed by atoms with van der Waals surface area (Å²) in [6.07, 6.45) is 0.540. The Morgan fingerprint density at radius 1 is 0.833 bits per heavy atom. The van der Waals surface area contributed by atoms with Crippen LogP contribution in [0.3, 0.4) is 0 Å². The van der Waals surface area contributed by atoms with Crippen LogP contribution >= 0.6 is 7.14 Å². The van der Waals surface area contributed by atoms with Gasteiger partial charge in [0.05, 0.1) is 34.4 Å². The first-order valence-corrected chi connectivity index (χ1v) is 9.89. The minimum Gasteiger partial charge on any atom is -1.00 e. The summed E-state index contributed by atoms with van der Waals surface area (Å²) >= 11 is 0. The van der Waals surface area contributed by atoms with Crippen LogP contribution in [0, 0.1) is 0 Å². The number of hydrogen-bond donors (Lipinski definition) is 0. The fraction of sp³-hybridized carbons (Fsp3) is 0.368. The van der Waals surface area contributed by atoms with Crippen LogP contribution in [0.25, 0.3) is 0 Å². The maximum Gasteiger partial charge on any atom is 0.145 e. The lowest BCUT2D eigenvalue weighted by atomic mass is 10.4. The van der Waals surface area contributed by atoms with Crippen molar-refractivity contribution in [2.24, 2.45) is 0 Å². The van der Waals surface area contributed by atoms with Gasteiger partial charge in [0.25, 0.3) is 0 Å². The van der Waals surface area contributed by atoms with Gasteiger partial charge in [-0.05, 0) is 0 Å². The highest BCUT2D eigenvalue weighted by molar-refractivity contribution is 7.78. The molecule has 0 unspecified atom stereocenters. The summed E-state index contributed by atoms with van der Waals surface area (Å²) < 4.78 is 20.3. The molecule has 3 nitrogen and oxygen atoms in total. The van der Waals surface area contributed by atoms with Gasteiger partial charge in [-0.25, -0.2) is 0 Å². The van der Waals surface area contributed by atoms with Crippen molar-refractivity contribution in [3.05, 3.63) is 60.7 Å². The van der Waals surface area contributed by atoms with Gasteiger partial charge in [-0.1, -0.05) is 60.7 Å². The molecular weight excluding hydrogens is 432 g/mol. The standard InChI is InChI=1S/C19H27NO2P.HI/c1-20(2,3)14-15-22-16-17-23(21,18-10-6-4-7-11-18)19-12-8-5-9-13-19;/h4-13H,14-17H2,1-3H3;1H/q+1;/p-1. The Morgan fingerprint density at radius 2 is 1.29 bits per heavy atom. The number of quaternary nitrogens is 1. The van der Waals surface area contributed by atoms with Gasteiger partial charge in [-0.15, -0.1) is 0 Å². The monoisotopic (exact) mass is 459 g/mol. The summed E-state index contributed by atoms with van der Waals surface area (Å²) in [4.78, 5) is 0. The van der Waals surface area contributed by atoms with E-state index in [-0.39, 0.29) is 24.0 Å². The molecule has 0 heterocycles. The summed E-state index contributed by atoms with van der Waals surface area (Å²) in [5, 5.41) is 1.81. The Morgan fingerprint density at radius 3 is 1.71 bits per heavy atom. The molecule has 5 heteroatoms. The molecule has 0 atom stereocenters. The molecule has 2 rings (SSSR count). The molecule has 2 aromatic carbocycles. The molecule has 0 N–H and O–H groups in total. The number of nitrogens with zero attached hydrogens (tertiary/aromatic N) is 1. The highest BCUT2D eigenvalue weighted by Gasteiger charge is 2.26. The van der Waals surface area contributed by atoms with Crippen LogP contribution in [0.5, 0.6) is 0 Å². The number of benzene rings is 2. The quantitative estimate of drug-likeness (QED) is 0.235. The molecular formula is C19H27INO2P. The third-order valence-electron chi connectivity index (χ3n) is 3.80. The highest BCUT2D eigenvalue weighted by atomic mass is 127. The van der Waals surface area contributed by atoms with E-state index in [9.17, 15) is 4.57 Å². The second kappa shape index (κ2) is 9.71. The van der Waals surface area contributed by atoms with Crippen molar-refractivity contribution >= 4 is 17.8 Å². The van der Waals surface area contributed by atoms with Crippen LogP contribution in [0.1, 0.15) is 0 Å². The van der Waals surface area contributed by atoms with Gasteiger partial charge in [-0.2, -0.15) is 0 Å². The molecule has 0 aromatic heterocycles. The summed E-state index contributed by atoms with van der Waals surface area (Å²) in [6.45, 7) is 2.15. The summed E-state index contributed by atoms with van der Waals surface area (Å²) in [6, 6.07) is 19.5. The Hall–Kier alpha value is -0.680. The van der Waals surface area contributed by atoms with Gasteiger partial charge in [-0.3, -0.25) is 0 Å². The number of likely N-dealkylation sites (N-methyl/N-ethyl adjacent to an activating group) is 1. The van der Waals surface area contributed by atoms with Crippen molar-refractivity contribution in [3.63, 3.8) is 0 Å². The van der Waals surface area contributed by atoms with Crippen molar-refractivity contribution < 1.29 is 37.8 Å². The van der Waals surface area contributed by atoms with Gasteiger partial charge < -0.3 is 37.8 Å². The molecule has 0 aliphatic rings. The average Bonchev–Trinajstić information content (AvgIpc) is 2.55. The van der Waals surface area contributed by atoms with Crippen LogP contribution in [0.15, 0.2) is 60.7 Å². The molecule has 0 saturated carbocycles. The maximum atomic E-state index is 13.7. The number of rotatable bonds is 8. The van der Waals surface area contributed by atoms with E-state index in [1.165, 1.54) is 0 Å². The zero-order chi connectivity index (χ0) is 16.8. The lowest BCUT2D eigenvalue weighted by molar-refractivity contribution is -0.870. The number of ether oxygens (including phenoxy) is 1. The molecule has 0 aliphatic heterocycles. The van der Waals surface area contributed by atoms with Gasteiger partial charge in [0.15, 0.2) is 0 Å². The SMILES string of the molecule is C[N+](C)(C)CCOCCP(=O)(c1ccccc1)c1ccccc1.[I-]. The van der Waals surface area contributed by atoms with Gasteiger partial charge >= 0.3 is 0 Å². The van der Waals surface area contributed by atoms with Gasteiger partial charge in [0.1, 0.15) is 13.7 Å². The van der Waals surface area contributed by atoms with Gasteiger partial charge in [0, 0.05) is 16.8 Å². The van der Waals surface area contributed by atoms with E-state index in [1.807, 2.05) is 60.7 Å². The summed E-state index contributed by atoms with van der Waals surface area (Å²) in [5.41, 5.74) is 0. The second-order valence-electron chi connectivity index (χ2n) is 6.76. The average molecular weight is 459 g/mol. The Kier molecular flexibility index (Phi) is 8.65. The zero-order valence-corrected chi connectivity index (χ0v) is 17.7. The summed E-state index contributed by atoms with van der Waals surface area (Å²) in [7, 11) is 3.79. The molecule has 0 radical (unpaired) electrons. The molecule has 0 saturated heterocycles. The van der Waals surface area contributed by atoms with Crippen molar-refractivity contribution in [3.8, 4) is 0 Å². The lowest BCUT2D eigenvalue weighted by Gasteiger charge is -2.24. The minimum atomic E-state index is -2.64. The van der Waals surface area contributed by atoms with Crippen LogP contribution in [-0.2, 0) is 9.30 Å². The lowest BCUT2D eigenvalue weighted by Crippen LogP contribution is -3.00. The van der Waals surface area contributed by atoms with Crippen LogP contribution in [0.4, 0.5) is 0 Å².